The molecule has 0 spiro atoms. The Hall–Kier alpha value is -1.13. The van der Waals surface area contributed by atoms with E-state index in [2.05, 4.69) is 41.8 Å². The first-order valence-corrected chi connectivity index (χ1v) is 10.1. The zero-order valence-electron chi connectivity index (χ0n) is 15.0. The largest absolute Gasteiger partial charge is 0.356 e. The Morgan fingerprint density at radius 3 is 2.29 bits per heavy atom. The van der Waals surface area contributed by atoms with Crippen molar-refractivity contribution in [2.75, 3.05) is 25.0 Å². The number of anilines is 1. The highest BCUT2D eigenvalue weighted by molar-refractivity contribution is 7.80. The number of quaternary nitrogens is 1. The first-order valence-electron chi connectivity index (χ1n) is 9.65. The molecule has 3 nitrogen and oxygen atoms in total. The van der Waals surface area contributed by atoms with E-state index in [9.17, 15) is 0 Å². The van der Waals surface area contributed by atoms with E-state index in [4.69, 9.17) is 12.2 Å². The van der Waals surface area contributed by atoms with Crippen molar-refractivity contribution in [2.45, 2.75) is 63.8 Å². The average Bonchev–Trinajstić information content (AvgIpc) is 2.63. The molecule has 4 heteroatoms. The molecule has 2 fully saturated rings. The summed E-state index contributed by atoms with van der Waals surface area (Å²) in [5, 5.41) is 7.66. The third kappa shape index (κ3) is 4.48. The summed E-state index contributed by atoms with van der Waals surface area (Å²) in [7, 11) is 0. The van der Waals surface area contributed by atoms with Gasteiger partial charge in [-0.05, 0) is 63.4 Å². The molecular weight excluding hydrogens is 314 g/mol. The van der Waals surface area contributed by atoms with Gasteiger partial charge in [-0.3, -0.25) is 0 Å². The summed E-state index contributed by atoms with van der Waals surface area (Å²) in [6.45, 7) is 5.81. The van der Waals surface area contributed by atoms with E-state index in [-0.39, 0.29) is 0 Å². The van der Waals surface area contributed by atoms with Crippen LogP contribution in [0.2, 0.25) is 0 Å². The average molecular weight is 347 g/mol. The summed E-state index contributed by atoms with van der Waals surface area (Å²) in [6.07, 6.45) is 11.1. The van der Waals surface area contributed by atoms with Gasteiger partial charge in [0.2, 0.25) is 0 Å². The molecule has 1 aromatic carbocycles. The lowest BCUT2D eigenvalue weighted by molar-refractivity contribution is -0.957. The van der Waals surface area contributed by atoms with Crippen LogP contribution in [0.3, 0.4) is 0 Å². The summed E-state index contributed by atoms with van der Waals surface area (Å²) >= 11 is 5.56. The second-order valence-electron chi connectivity index (χ2n) is 7.68. The van der Waals surface area contributed by atoms with Crippen molar-refractivity contribution in [3.63, 3.8) is 0 Å². The first-order chi connectivity index (χ1) is 11.7. The van der Waals surface area contributed by atoms with Crippen molar-refractivity contribution in [3.05, 3.63) is 29.8 Å². The fraction of sp³-hybridized carbons (Fsp3) is 0.650. The van der Waals surface area contributed by atoms with Gasteiger partial charge >= 0.3 is 0 Å². The molecule has 0 amide bonds. The van der Waals surface area contributed by atoms with Crippen molar-refractivity contribution in [1.82, 2.24) is 5.32 Å². The molecule has 3 rings (SSSR count). The van der Waals surface area contributed by atoms with Crippen molar-refractivity contribution in [1.29, 1.82) is 0 Å². The lowest BCUT2D eigenvalue weighted by atomic mass is 9.79. The van der Waals surface area contributed by atoms with E-state index in [1.165, 1.54) is 70.0 Å². The number of likely N-dealkylation sites (tertiary alicyclic amines) is 1. The molecule has 3 N–H and O–H groups in total. The highest BCUT2D eigenvalue weighted by Gasteiger charge is 2.42. The molecule has 1 aromatic rings. The van der Waals surface area contributed by atoms with Gasteiger partial charge in [0.25, 0.3) is 0 Å². The molecule has 0 unspecified atom stereocenters. The predicted molar refractivity (Wildman–Crippen MR) is 106 cm³/mol. The Bertz CT molecular complexity index is 528. The minimum Gasteiger partial charge on any atom is -0.356 e. The number of aryl methyl sites for hydroxylation is 1. The molecule has 0 atom stereocenters. The molecule has 1 saturated heterocycles. The Morgan fingerprint density at radius 1 is 1.00 bits per heavy atom. The molecule has 0 bridgehead atoms. The normalized spacial score (nSPS) is 21.2. The maximum atomic E-state index is 5.56. The van der Waals surface area contributed by atoms with Crippen LogP contribution in [0.4, 0.5) is 5.69 Å². The van der Waals surface area contributed by atoms with Gasteiger partial charge in [-0.1, -0.05) is 24.1 Å². The maximum Gasteiger partial charge on any atom is 0.171 e. The number of rotatable bonds is 4. The van der Waals surface area contributed by atoms with Crippen molar-refractivity contribution in [3.8, 4) is 0 Å². The predicted octanol–water partition coefficient (Wildman–Crippen LogP) is 3.05. The van der Waals surface area contributed by atoms with E-state index in [0.29, 0.717) is 5.54 Å². The molecule has 2 aliphatic rings. The van der Waals surface area contributed by atoms with E-state index < -0.39 is 0 Å². The van der Waals surface area contributed by atoms with E-state index >= 15 is 0 Å². The fourth-order valence-corrected chi connectivity index (χ4v) is 4.64. The van der Waals surface area contributed by atoms with Crippen molar-refractivity contribution in [2.24, 2.45) is 0 Å². The van der Waals surface area contributed by atoms with Crippen LogP contribution in [0.15, 0.2) is 24.3 Å². The Morgan fingerprint density at radius 2 is 1.62 bits per heavy atom. The number of piperidine rings is 1. The van der Waals surface area contributed by atoms with E-state index in [1.807, 2.05) is 4.90 Å². The minimum atomic E-state index is 0.400. The molecule has 1 aliphatic heterocycles. The summed E-state index contributed by atoms with van der Waals surface area (Å²) in [5.74, 6) is 0. The lowest BCUT2D eigenvalue weighted by Crippen LogP contribution is -3.22. The maximum absolute atomic E-state index is 5.56. The molecule has 0 radical (unpaired) electrons. The van der Waals surface area contributed by atoms with Crippen LogP contribution in [0.25, 0.3) is 0 Å². The smallest absolute Gasteiger partial charge is 0.171 e. The molecule has 1 heterocycles. The van der Waals surface area contributed by atoms with Crippen LogP contribution >= 0.6 is 12.2 Å². The van der Waals surface area contributed by atoms with Gasteiger partial charge in [-0.2, -0.15) is 0 Å². The number of thiocarbonyl (C=S) groups is 1. The second-order valence-corrected chi connectivity index (χ2v) is 8.09. The molecule has 132 valence electrons. The SMILES string of the molecule is Cc1ccc(NC(=S)NCC2([NH+]3CCCCC3)CCCCC2)cc1. The standard InChI is InChI=1S/C20H31N3S/c1-17-8-10-18(11-9-17)22-19(24)21-16-20(12-4-2-5-13-20)23-14-6-3-7-15-23/h8-11H,2-7,12-16H2,1H3,(H2,21,22,24)/p+1. The zero-order valence-corrected chi connectivity index (χ0v) is 15.8. The summed E-state index contributed by atoms with van der Waals surface area (Å²) in [5.41, 5.74) is 2.74. The van der Waals surface area contributed by atoms with Crippen molar-refractivity contribution >= 4 is 23.0 Å². The van der Waals surface area contributed by atoms with Crippen LogP contribution in [0.5, 0.6) is 0 Å². The van der Waals surface area contributed by atoms with Gasteiger partial charge in [0.1, 0.15) is 5.54 Å². The number of hydrogen-bond donors (Lipinski definition) is 3. The summed E-state index contributed by atoms with van der Waals surface area (Å²) in [6, 6.07) is 8.42. The van der Waals surface area contributed by atoms with Gasteiger partial charge in [0.05, 0.1) is 19.6 Å². The van der Waals surface area contributed by atoms with Gasteiger partial charge in [-0.15, -0.1) is 0 Å². The van der Waals surface area contributed by atoms with Crippen LogP contribution in [-0.2, 0) is 0 Å². The third-order valence-corrected chi connectivity index (χ3v) is 6.16. The molecule has 1 aliphatic carbocycles. The summed E-state index contributed by atoms with van der Waals surface area (Å²) in [4.78, 5) is 1.83. The van der Waals surface area contributed by atoms with E-state index in [1.54, 1.807) is 0 Å². The fourth-order valence-electron chi connectivity index (χ4n) is 4.45. The topological polar surface area (TPSA) is 28.5 Å². The molecule has 24 heavy (non-hydrogen) atoms. The van der Waals surface area contributed by atoms with Crippen LogP contribution in [0, 0.1) is 6.92 Å². The zero-order chi connectivity index (χ0) is 16.8. The number of hydrogen-bond acceptors (Lipinski definition) is 1. The Balaban J connectivity index is 1.58. The summed E-state index contributed by atoms with van der Waals surface area (Å²) < 4.78 is 0. The molecular formula is C20H32N3S+. The first kappa shape index (κ1) is 17.7. The second kappa shape index (κ2) is 8.30. The Kier molecular flexibility index (Phi) is 6.12. The van der Waals surface area contributed by atoms with Gasteiger partial charge in [0.15, 0.2) is 5.11 Å². The lowest BCUT2D eigenvalue weighted by Gasteiger charge is -2.45. The monoisotopic (exact) mass is 346 g/mol. The molecule has 1 saturated carbocycles. The highest BCUT2D eigenvalue weighted by atomic mass is 32.1. The van der Waals surface area contributed by atoms with E-state index in [0.717, 1.165) is 17.3 Å². The van der Waals surface area contributed by atoms with Crippen LogP contribution < -0.4 is 15.5 Å². The van der Waals surface area contributed by atoms with Gasteiger partial charge in [0, 0.05) is 18.5 Å². The third-order valence-electron chi connectivity index (χ3n) is 5.91. The Labute approximate surface area is 152 Å². The number of nitrogens with one attached hydrogen (secondary N) is 3. The number of benzene rings is 1. The highest BCUT2D eigenvalue weighted by Crippen LogP contribution is 2.26. The van der Waals surface area contributed by atoms with Gasteiger partial charge in [-0.25, -0.2) is 0 Å². The van der Waals surface area contributed by atoms with Crippen molar-refractivity contribution < 1.29 is 4.90 Å². The van der Waals surface area contributed by atoms with Gasteiger partial charge < -0.3 is 15.5 Å². The van der Waals surface area contributed by atoms with Crippen LogP contribution in [-0.4, -0.2) is 30.3 Å². The molecule has 0 aromatic heterocycles. The quantitative estimate of drug-likeness (QED) is 0.732. The van der Waals surface area contributed by atoms with Crippen LogP contribution in [0.1, 0.15) is 56.9 Å². The minimum absolute atomic E-state index is 0.400.